The minimum absolute atomic E-state index is 0.473. The number of pyridine rings is 1. The Labute approximate surface area is 144 Å². The fourth-order valence-corrected chi connectivity index (χ4v) is 3.21. The van der Waals surface area contributed by atoms with Gasteiger partial charge in [0.1, 0.15) is 5.82 Å². The molecule has 1 aromatic carbocycles. The normalized spacial score (nSPS) is 11.4. The lowest BCUT2D eigenvalue weighted by Crippen LogP contribution is -2.02. The van der Waals surface area contributed by atoms with Crippen LogP contribution in [-0.4, -0.2) is 9.55 Å². The third kappa shape index (κ3) is 3.16. The van der Waals surface area contributed by atoms with Crippen molar-refractivity contribution in [2.24, 2.45) is 0 Å². The summed E-state index contributed by atoms with van der Waals surface area (Å²) < 4.78 is 2.33. The molecule has 3 aromatic rings. The fourth-order valence-electron chi connectivity index (χ4n) is 3.21. The van der Waals surface area contributed by atoms with Crippen molar-refractivity contribution in [2.75, 3.05) is 5.32 Å². The smallest absolute Gasteiger partial charge is 0.139 e. The summed E-state index contributed by atoms with van der Waals surface area (Å²) in [5, 5.41) is 4.80. The molecule has 0 unspecified atom stereocenters. The van der Waals surface area contributed by atoms with E-state index in [0.29, 0.717) is 5.92 Å². The van der Waals surface area contributed by atoms with Gasteiger partial charge in [0.05, 0.1) is 5.52 Å². The average molecular weight is 321 g/mol. The molecule has 0 radical (unpaired) electrons. The number of rotatable bonds is 6. The highest BCUT2D eigenvalue weighted by atomic mass is 15.0. The van der Waals surface area contributed by atoms with Gasteiger partial charge in [-0.3, -0.25) is 0 Å². The van der Waals surface area contributed by atoms with Crippen molar-refractivity contribution >= 4 is 22.4 Å². The Morgan fingerprint density at radius 2 is 2.00 bits per heavy atom. The summed E-state index contributed by atoms with van der Waals surface area (Å²) in [6.07, 6.45) is 6.48. The third-order valence-electron chi connectivity index (χ3n) is 4.62. The van der Waals surface area contributed by atoms with Crippen LogP contribution in [0, 0.1) is 6.92 Å². The maximum atomic E-state index is 4.61. The number of benzene rings is 1. The number of nitrogens with one attached hydrogen (secondary N) is 1. The van der Waals surface area contributed by atoms with E-state index in [2.05, 4.69) is 79.1 Å². The van der Waals surface area contributed by atoms with Crippen molar-refractivity contribution in [3.63, 3.8) is 0 Å². The number of para-hydroxylation sites is 1. The highest BCUT2D eigenvalue weighted by Crippen LogP contribution is 2.32. The minimum atomic E-state index is 0.473. The van der Waals surface area contributed by atoms with Crippen molar-refractivity contribution in [1.82, 2.24) is 9.55 Å². The lowest BCUT2D eigenvalue weighted by molar-refractivity contribution is 0.650. The number of fused-ring (bicyclic) bond motifs is 1. The van der Waals surface area contributed by atoms with Gasteiger partial charge in [-0.2, -0.15) is 0 Å². The van der Waals surface area contributed by atoms with Crippen LogP contribution in [0.25, 0.3) is 10.9 Å². The molecule has 3 rings (SSSR count). The molecule has 0 aliphatic carbocycles. The first-order valence-corrected chi connectivity index (χ1v) is 8.92. The van der Waals surface area contributed by atoms with Crippen LogP contribution in [0.5, 0.6) is 0 Å². The standard InChI is InChI=1S/C21H27N3/c1-5-6-13-24-14-11-18-19(24)10-12-22-21(18)23-20-16(4)8-7-9-17(20)15(2)3/h7-12,14-15H,5-6,13H2,1-4H3,(H,22,23). The van der Waals surface area contributed by atoms with E-state index in [1.54, 1.807) is 0 Å². The summed E-state index contributed by atoms with van der Waals surface area (Å²) in [5.74, 6) is 1.42. The molecule has 0 atom stereocenters. The van der Waals surface area contributed by atoms with Gasteiger partial charge in [0, 0.05) is 30.0 Å². The molecule has 0 saturated carbocycles. The topological polar surface area (TPSA) is 29.9 Å². The second-order valence-electron chi connectivity index (χ2n) is 6.77. The number of unbranched alkanes of at least 4 members (excludes halogenated alkanes) is 1. The van der Waals surface area contributed by atoms with Gasteiger partial charge in [-0.05, 0) is 42.5 Å². The van der Waals surface area contributed by atoms with Gasteiger partial charge in [-0.25, -0.2) is 4.98 Å². The SMILES string of the molecule is CCCCn1ccc2c(Nc3c(C)cccc3C(C)C)nccc21. The van der Waals surface area contributed by atoms with E-state index in [1.807, 2.05) is 6.20 Å². The molecule has 0 amide bonds. The van der Waals surface area contributed by atoms with Gasteiger partial charge in [0.15, 0.2) is 0 Å². The molecule has 3 heteroatoms. The van der Waals surface area contributed by atoms with Crippen molar-refractivity contribution in [3.05, 3.63) is 53.9 Å². The van der Waals surface area contributed by atoms with Crippen LogP contribution in [0.2, 0.25) is 0 Å². The first kappa shape index (κ1) is 16.6. The van der Waals surface area contributed by atoms with Crippen molar-refractivity contribution in [2.45, 2.75) is 53.0 Å². The van der Waals surface area contributed by atoms with Crippen molar-refractivity contribution in [1.29, 1.82) is 0 Å². The highest BCUT2D eigenvalue weighted by Gasteiger charge is 2.12. The zero-order valence-electron chi connectivity index (χ0n) is 15.1. The molecule has 3 nitrogen and oxygen atoms in total. The van der Waals surface area contributed by atoms with E-state index in [0.717, 1.165) is 12.4 Å². The lowest BCUT2D eigenvalue weighted by atomic mass is 9.98. The number of nitrogens with zero attached hydrogens (tertiary/aromatic N) is 2. The lowest BCUT2D eigenvalue weighted by Gasteiger charge is -2.17. The summed E-state index contributed by atoms with van der Waals surface area (Å²) in [6.45, 7) is 9.90. The van der Waals surface area contributed by atoms with Crippen molar-refractivity contribution in [3.8, 4) is 0 Å². The predicted molar refractivity (Wildman–Crippen MR) is 103 cm³/mol. The number of aryl methyl sites for hydroxylation is 2. The molecule has 2 aromatic heterocycles. The molecule has 2 heterocycles. The summed E-state index contributed by atoms with van der Waals surface area (Å²) in [4.78, 5) is 4.61. The van der Waals surface area contributed by atoms with Crippen LogP contribution in [0.1, 0.15) is 50.7 Å². The largest absolute Gasteiger partial charge is 0.347 e. The molecule has 0 aliphatic heterocycles. The molecular weight excluding hydrogens is 294 g/mol. The molecule has 0 aliphatic rings. The number of hydrogen-bond donors (Lipinski definition) is 1. The van der Waals surface area contributed by atoms with E-state index in [9.17, 15) is 0 Å². The first-order valence-electron chi connectivity index (χ1n) is 8.92. The van der Waals surface area contributed by atoms with Gasteiger partial charge >= 0.3 is 0 Å². The maximum Gasteiger partial charge on any atom is 0.139 e. The van der Waals surface area contributed by atoms with E-state index in [4.69, 9.17) is 0 Å². The number of hydrogen-bond acceptors (Lipinski definition) is 2. The van der Waals surface area contributed by atoms with Crippen molar-refractivity contribution < 1.29 is 0 Å². The highest BCUT2D eigenvalue weighted by molar-refractivity contribution is 5.92. The molecule has 0 spiro atoms. The van der Waals surface area contributed by atoms with Gasteiger partial charge < -0.3 is 9.88 Å². The quantitative estimate of drug-likeness (QED) is 0.602. The Hall–Kier alpha value is -2.29. The molecule has 1 N–H and O–H groups in total. The van der Waals surface area contributed by atoms with Crippen LogP contribution in [0.3, 0.4) is 0 Å². The fraction of sp³-hybridized carbons (Fsp3) is 0.381. The summed E-state index contributed by atoms with van der Waals surface area (Å²) in [7, 11) is 0. The van der Waals surface area contributed by atoms with Gasteiger partial charge in [-0.1, -0.05) is 45.4 Å². The average Bonchev–Trinajstić information content (AvgIpc) is 2.98. The molecule has 126 valence electrons. The Balaban J connectivity index is 2.01. The van der Waals surface area contributed by atoms with Crippen LogP contribution >= 0.6 is 0 Å². The van der Waals surface area contributed by atoms with Gasteiger partial charge in [0.25, 0.3) is 0 Å². The monoisotopic (exact) mass is 321 g/mol. The van der Waals surface area contributed by atoms with E-state index >= 15 is 0 Å². The predicted octanol–water partition coefficient (Wildman–Crippen LogP) is 6.01. The Kier molecular flexibility index (Phi) is 4.89. The summed E-state index contributed by atoms with van der Waals surface area (Å²) in [6, 6.07) is 10.8. The Morgan fingerprint density at radius 1 is 1.17 bits per heavy atom. The third-order valence-corrected chi connectivity index (χ3v) is 4.62. The molecule has 0 fully saturated rings. The summed E-state index contributed by atoms with van der Waals surface area (Å²) in [5.41, 5.74) is 5.03. The van der Waals surface area contributed by atoms with E-state index < -0.39 is 0 Å². The Bertz CT molecular complexity index is 830. The van der Waals surface area contributed by atoms with Gasteiger partial charge in [-0.15, -0.1) is 0 Å². The first-order chi connectivity index (χ1) is 11.6. The Morgan fingerprint density at radius 3 is 2.75 bits per heavy atom. The molecule has 0 bridgehead atoms. The van der Waals surface area contributed by atoms with Gasteiger partial charge in [0.2, 0.25) is 0 Å². The zero-order valence-corrected chi connectivity index (χ0v) is 15.1. The van der Waals surface area contributed by atoms with Crippen LogP contribution in [-0.2, 0) is 6.54 Å². The molecule has 24 heavy (non-hydrogen) atoms. The van der Waals surface area contributed by atoms with E-state index in [-0.39, 0.29) is 0 Å². The number of anilines is 2. The molecule has 0 saturated heterocycles. The number of aromatic nitrogens is 2. The van der Waals surface area contributed by atoms with Crippen LogP contribution < -0.4 is 5.32 Å². The minimum Gasteiger partial charge on any atom is -0.347 e. The van der Waals surface area contributed by atoms with Crippen LogP contribution in [0.15, 0.2) is 42.7 Å². The van der Waals surface area contributed by atoms with Crippen LogP contribution in [0.4, 0.5) is 11.5 Å². The zero-order chi connectivity index (χ0) is 17.1. The summed E-state index contributed by atoms with van der Waals surface area (Å²) >= 11 is 0. The van der Waals surface area contributed by atoms with E-state index in [1.165, 1.54) is 40.6 Å². The maximum absolute atomic E-state index is 4.61. The second-order valence-corrected chi connectivity index (χ2v) is 6.77. The molecular formula is C21H27N3. The second kappa shape index (κ2) is 7.08.